The van der Waals surface area contributed by atoms with Crippen molar-refractivity contribution in [2.24, 2.45) is 12.8 Å². The first-order valence-electron chi connectivity index (χ1n) is 5.19. The monoisotopic (exact) mass is 208 g/mol. The highest BCUT2D eigenvalue weighted by atomic mass is 16.2. The molecular weight excluding hydrogens is 192 g/mol. The Kier molecular flexibility index (Phi) is 2.48. The predicted octanol–water partition coefficient (Wildman–Crippen LogP) is 0.630. The maximum Gasteiger partial charge on any atom is 0.244 e. The summed E-state index contributed by atoms with van der Waals surface area (Å²) in [5.74, 6) is -0.0898. The minimum atomic E-state index is -0.671. The Bertz CT molecular complexity index is 365. The summed E-state index contributed by atoms with van der Waals surface area (Å²) in [5, 5.41) is 6.78. The van der Waals surface area contributed by atoms with Gasteiger partial charge in [-0.3, -0.25) is 9.48 Å². The fourth-order valence-electron chi connectivity index (χ4n) is 1.97. The minimum absolute atomic E-state index is 0.0898. The average molecular weight is 208 g/mol. The van der Waals surface area contributed by atoms with Crippen molar-refractivity contribution in [3.8, 4) is 0 Å². The van der Waals surface area contributed by atoms with Crippen molar-refractivity contribution >= 4 is 11.6 Å². The number of aryl methyl sites for hydroxylation is 1. The van der Waals surface area contributed by atoms with Gasteiger partial charge in [0.1, 0.15) is 0 Å². The Hall–Kier alpha value is -1.36. The average Bonchev–Trinajstić information content (AvgIpc) is 2.76. The molecule has 1 aromatic heterocycles. The quantitative estimate of drug-likeness (QED) is 0.748. The molecular formula is C10H16N4O. The van der Waals surface area contributed by atoms with Gasteiger partial charge in [0.2, 0.25) is 5.91 Å². The van der Waals surface area contributed by atoms with Crippen LogP contribution in [-0.2, 0) is 11.8 Å². The summed E-state index contributed by atoms with van der Waals surface area (Å²) in [5.41, 5.74) is 6.05. The lowest BCUT2D eigenvalue weighted by molar-refractivity contribution is -0.121. The predicted molar refractivity (Wildman–Crippen MR) is 57.2 cm³/mol. The summed E-state index contributed by atoms with van der Waals surface area (Å²) in [6, 6.07) is 0. The zero-order valence-corrected chi connectivity index (χ0v) is 8.86. The van der Waals surface area contributed by atoms with Crippen molar-refractivity contribution in [3.63, 3.8) is 0 Å². The van der Waals surface area contributed by atoms with Crippen molar-refractivity contribution in [1.82, 2.24) is 9.78 Å². The van der Waals surface area contributed by atoms with Gasteiger partial charge >= 0.3 is 0 Å². The van der Waals surface area contributed by atoms with Crippen LogP contribution in [-0.4, -0.2) is 21.2 Å². The Morgan fingerprint density at radius 3 is 2.80 bits per heavy atom. The second kappa shape index (κ2) is 3.66. The largest absolute Gasteiger partial charge is 0.322 e. The van der Waals surface area contributed by atoms with Crippen molar-refractivity contribution in [1.29, 1.82) is 0 Å². The number of carbonyl (C=O) groups excluding carboxylic acids is 1. The zero-order valence-electron chi connectivity index (χ0n) is 8.86. The number of nitrogens with two attached hydrogens (primary N) is 1. The zero-order chi connectivity index (χ0) is 10.9. The van der Waals surface area contributed by atoms with Gasteiger partial charge < -0.3 is 11.1 Å². The number of carbonyl (C=O) groups is 1. The van der Waals surface area contributed by atoms with E-state index in [2.05, 4.69) is 10.4 Å². The van der Waals surface area contributed by atoms with Crippen molar-refractivity contribution < 1.29 is 4.79 Å². The smallest absolute Gasteiger partial charge is 0.244 e. The summed E-state index contributed by atoms with van der Waals surface area (Å²) in [6.45, 7) is 0. The first-order chi connectivity index (χ1) is 7.10. The van der Waals surface area contributed by atoms with E-state index < -0.39 is 5.54 Å². The van der Waals surface area contributed by atoms with E-state index in [9.17, 15) is 4.79 Å². The number of rotatable bonds is 2. The van der Waals surface area contributed by atoms with Gasteiger partial charge in [-0.25, -0.2) is 0 Å². The Labute approximate surface area is 88.6 Å². The summed E-state index contributed by atoms with van der Waals surface area (Å²) in [4.78, 5) is 11.9. The Morgan fingerprint density at radius 1 is 1.60 bits per heavy atom. The van der Waals surface area contributed by atoms with Crippen molar-refractivity contribution in [2.75, 3.05) is 5.32 Å². The van der Waals surface area contributed by atoms with E-state index in [-0.39, 0.29) is 5.91 Å². The minimum Gasteiger partial charge on any atom is -0.322 e. The number of hydrogen-bond acceptors (Lipinski definition) is 3. The molecule has 1 saturated carbocycles. The Balaban J connectivity index is 2.03. The van der Waals surface area contributed by atoms with Crippen LogP contribution in [0.5, 0.6) is 0 Å². The molecule has 0 atom stereocenters. The second-order valence-electron chi connectivity index (χ2n) is 4.22. The molecule has 0 aliphatic heterocycles. The van der Waals surface area contributed by atoms with Gasteiger partial charge in [0.15, 0.2) is 0 Å². The number of hydrogen-bond donors (Lipinski definition) is 2. The lowest BCUT2D eigenvalue weighted by Crippen LogP contribution is -2.48. The molecule has 1 amide bonds. The SMILES string of the molecule is Cn1cc(NC(=O)C2(N)CCCC2)cn1. The summed E-state index contributed by atoms with van der Waals surface area (Å²) in [6.07, 6.45) is 7.01. The Morgan fingerprint density at radius 2 is 2.27 bits per heavy atom. The number of nitrogens with zero attached hydrogens (tertiary/aromatic N) is 2. The molecule has 1 aliphatic carbocycles. The van der Waals surface area contributed by atoms with Gasteiger partial charge in [-0.1, -0.05) is 12.8 Å². The molecule has 1 fully saturated rings. The lowest BCUT2D eigenvalue weighted by Gasteiger charge is -2.21. The normalized spacial score (nSPS) is 19.1. The van der Waals surface area contributed by atoms with E-state index in [4.69, 9.17) is 5.73 Å². The van der Waals surface area contributed by atoms with Crippen molar-refractivity contribution in [3.05, 3.63) is 12.4 Å². The number of amides is 1. The highest BCUT2D eigenvalue weighted by Crippen LogP contribution is 2.28. The molecule has 0 aromatic carbocycles. The fraction of sp³-hybridized carbons (Fsp3) is 0.600. The van der Waals surface area contributed by atoms with Crippen LogP contribution in [0.4, 0.5) is 5.69 Å². The first-order valence-corrected chi connectivity index (χ1v) is 5.19. The van der Waals surface area contributed by atoms with E-state index in [0.29, 0.717) is 5.69 Å². The van der Waals surface area contributed by atoms with Crippen LogP contribution in [0.1, 0.15) is 25.7 Å². The van der Waals surface area contributed by atoms with Crippen LogP contribution in [0.2, 0.25) is 0 Å². The molecule has 2 rings (SSSR count). The van der Waals surface area contributed by atoms with E-state index in [1.54, 1.807) is 17.1 Å². The van der Waals surface area contributed by atoms with E-state index in [0.717, 1.165) is 25.7 Å². The number of nitrogens with one attached hydrogen (secondary N) is 1. The van der Waals surface area contributed by atoms with Gasteiger partial charge in [-0.05, 0) is 12.8 Å². The molecule has 0 spiro atoms. The molecule has 15 heavy (non-hydrogen) atoms. The van der Waals surface area contributed by atoms with E-state index in [1.165, 1.54) is 0 Å². The van der Waals surface area contributed by atoms with Gasteiger partial charge in [0, 0.05) is 13.2 Å². The summed E-state index contributed by atoms with van der Waals surface area (Å²) < 4.78 is 1.65. The van der Waals surface area contributed by atoms with Gasteiger partial charge in [0.25, 0.3) is 0 Å². The molecule has 1 aromatic rings. The second-order valence-corrected chi connectivity index (χ2v) is 4.22. The van der Waals surface area contributed by atoms with Crippen LogP contribution in [0, 0.1) is 0 Å². The van der Waals surface area contributed by atoms with E-state index in [1.807, 2.05) is 7.05 Å². The molecule has 1 aliphatic rings. The van der Waals surface area contributed by atoms with E-state index >= 15 is 0 Å². The first kappa shape index (κ1) is 10.2. The maximum absolute atomic E-state index is 11.9. The highest BCUT2D eigenvalue weighted by Gasteiger charge is 2.37. The third-order valence-corrected chi connectivity index (χ3v) is 2.91. The van der Waals surface area contributed by atoms with Crippen LogP contribution in [0.15, 0.2) is 12.4 Å². The lowest BCUT2D eigenvalue weighted by atomic mass is 9.98. The molecule has 0 unspecified atom stereocenters. The summed E-state index contributed by atoms with van der Waals surface area (Å²) in [7, 11) is 1.81. The van der Waals surface area contributed by atoms with Gasteiger partial charge in [0.05, 0.1) is 17.4 Å². The topological polar surface area (TPSA) is 72.9 Å². The number of anilines is 1. The molecule has 5 nitrogen and oxygen atoms in total. The fourth-order valence-corrected chi connectivity index (χ4v) is 1.97. The molecule has 3 N–H and O–H groups in total. The van der Waals surface area contributed by atoms with Crippen molar-refractivity contribution in [2.45, 2.75) is 31.2 Å². The van der Waals surface area contributed by atoms with Crippen LogP contribution in [0.3, 0.4) is 0 Å². The van der Waals surface area contributed by atoms with Gasteiger partial charge in [-0.2, -0.15) is 5.10 Å². The highest BCUT2D eigenvalue weighted by molar-refractivity contribution is 5.97. The molecule has 0 bridgehead atoms. The molecule has 0 radical (unpaired) electrons. The maximum atomic E-state index is 11.9. The van der Waals surface area contributed by atoms with Gasteiger partial charge in [-0.15, -0.1) is 0 Å². The van der Waals surface area contributed by atoms with Crippen LogP contribution in [0.25, 0.3) is 0 Å². The molecule has 1 heterocycles. The third-order valence-electron chi connectivity index (χ3n) is 2.91. The van der Waals surface area contributed by atoms with Crippen LogP contribution >= 0.6 is 0 Å². The molecule has 0 saturated heterocycles. The standard InChI is InChI=1S/C10H16N4O/c1-14-7-8(6-12-14)13-9(15)10(11)4-2-3-5-10/h6-7H,2-5,11H2,1H3,(H,13,15). The molecule has 82 valence electrons. The molecule has 5 heteroatoms. The number of aromatic nitrogens is 2. The third kappa shape index (κ3) is 2.02. The summed E-state index contributed by atoms with van der Waals surface area (Å²) >= 11 is 0. The van der Waals surface area contributed by atoms with Crippen LogP contribution < -0.4 is 11.1 Å².